The molecule has 0 aliphatic carbocycles. The lowest BCUT2D eigenvalue weighted by Crippen LogP contribution is -2.24. The van der Waals surface area contributed by atoms with Gasteiger partial charge in [-0.25, -0.2) is 0 Å². The number of carbonyl (C=O) groups excluding carboxylic acids is 1. The Bertz CT molecular complexity index is 350. The molecule has 0 spiro atoms. The first kappa shape index (κ1) is 18.4. The van der Waals surface area contributed by atoms with Crippen LogP contribution < -0.4 is 0 Å². The van der Waals surface area contributed by atoms with E-state index < -0.39 is 22.2 Å². The molecule has 0 N–H and O–H groups in total. The summed E-state index contributed by atoms with van der Waals surface area (Å²) in [6.45, 7) is 6.15. The normalized spacial score (nSPS) is 14.9. The van der Waals surface area contributed by atoms with Gasteiger partial charge in [0.05, 0.1) is 25.4 Å². The monoisotopic (exact) mass is 294 g/mol. The van der Waals surface area contributed by atoms with Crippen molar-refractivity contribution in [3.8, 4) is 0 Å². The van der Waals surface area contributed by atoms with E-state index in [0.717, 1.165) is 25.5 Å². The van der Waals surface area contributed by atoms with Crippen molar-refractivity contribution in [3.05, 3.63) is 0 Å². The molecule has 114 valence electrons. The number of esters is 1. The Kier molecular flexibility index (Phi) is 9.01. The van der Waals surface area contributed by atoms with Crippen molar-refractivity contribution in [1.82, 2.24) is 0 Å². The molecule has 6 heteroatoms. The molecular formula is C13H26O5S. The van der Waals surface area contributed by atoms with Gasteiger partial charge in [-0.2, -0.15) is 8.42 Å². The van der Waals surface area contributed by atoms with Crippen molar-refractivity contribution >= 4 is 16.1 Å². The number of hydrogen-bond donors (Lipinski definition) is 0. The van der Waals surface area contributed by atoms with Gasteiger partial charge in [-0.05, 0) is 19.3 Å². The molecule has 0 fully saturated rings. The summed E-state index contributed by atoms with van der Waals surface area (Å²) in [4.78, 5) is 11.4. The predicted octanol–water partition coefficient (Wildman–Crippen LogP) is 2.50. The maximum Gasteiger partial charge on any atom is 0.308 e. The van der Waals surface area contributed by atoms with Crippen molar-refractivity contribution in [2.24, 2.45) is 5.92 Å². The summed E-state index contributed by atoms with van der Waals surface area (Å²) in [5.41, 5.74) is 0. The zero-order chi connectivity index (χ0) is 14.9. The van der Waals surface area contributed by atoms with E-state index in [0.29, 0.717) is 12.3 Å². The molecule has 0 aliphatic heterocycles. The summed E-state index contributed by atoms with van der Waals surface area (Å²) < 4.78 is 32.2. The van der Waals surface area contributed by atoms with Gasteiger partial charge in [0, 0.05) is 0 Å². The van der Waals surface area contributed by atoms with E-state index in [1.54, 1.807) is 6.92 Å². The first-order chi connectivity index (χ1) is 8.78. The van der Waals surface area contributed by atoms with Crippen molar-refractivity contribution < 1.29 is 22.1 Å². The highest BCUT2D eigenvalue weighted by atomic mass is 32.2. The van der Waals surface area contributed by atoms with Crippen LogP contribution in [0.25, 0.3) is 0 Å². The van der Waals surface area contributed by atoms with E-state index in [4.69, 9.17) is 8.92 Å². The molecule has 0 aliphatic rings. The molecule has 0 rings (SSSR count). The fourth-order valence-corrected chi connectivity index (χ4v) is 2.57. The third-order valence-electron chi connectivity index (χ3n) is 2.73. The van der Waals surface area contributed by atoms with Crippen LogP contribution in [0.3, 0.4) is 0 Å². The number of rotatable bonds is 10. The molecule has 19 heavy (non-hydrogen) atoms. The van der Waals surface area contributed by atoms with E-state index >= 15 is 0 Å². The minimum atomic E-state index is -3.56. The summed E-state index contributed by atoms with van der Waals surface area (Å²) in [7, 11) is -3.56. The van der Waals surface area contributed by atoms with Gasteiger partial charge in [-0.1, -0.05) is 33.1 Å². The molecule has 0 saturated carbocycles. The van der Waals surface area contributed by atoms with Crippen LogP contribution in [0.2, 0.25) is 0 Å². The second-order valence-electron chi connectivity index (χ2n) is 4.91. The van der Waals surface area contributed by atoms with Crippen LogP contribution in [0.5, 0.6) is 0 Å². The van der Waals surface area contributed by atoms with Gasteiger partial charge >= 0.3 is 5.97 Å². The van der Waals surface area contributed by atoms with Crippen LogP contribution in [-0.4, -0.2) is 33.4 Å². The quantitative estimate of drug-likeness (QED) is 0.457. The summed E-state index contributed by atoms with van der Waals surface area (Å²) in [6, 6.07) is 0. The first-order valence-electron chi connectivity index (χ1n) is 6.82. The standard InChI is InChI=1S/C13H26O5S/c1-5-7-8-11(3)9-12(18-19(4,15)16)10-13(14)17-6-2/h11-12H,5-10H2,1-4H3/t11?,12-/m1/s1. The molecule has 2 atom stereocenters. The Morgan fingerprint density at radius 2 is 1.89 bits per heavy atom. The third kappa shape index (κ3) is 10.9. The van der Waals surface area contributed by atoms with Crippen LogP contribution >= 0.6 is 0 Å². The molecular weight excluding hydrogens is 268 g/mol. The molecule has 0 heterocycles. The fraction of sp³-hybridized carbons (Fsp3) is 0.923. The van der Waals surface area contributed by atoms with Gasteiger partial charge in [0.15, 0.2) is 0 Å². The Labute approximate surface area is 116 Å². The molecule has 0 aromatic heterocycles. The highest BCUT2D eigenvalue weighted by Crippen LogP contribution is 2.19. The minimum absolute atomic E-state index is 0.0165. The predicted molar refractivity (Wildman–Crippen MR) is 74.3 cm³/mol. The number of carbonyl (C=O) groups is 1. The largest absolute Gasteiger partial charge is 0.466 e. The topological polar surface area (TPSA) is 69.7 Å². The van der Waals surface area contributed by atoms with Crippen LogP contribution in [0.4, 0.5) is 0 Å². The maximum absolute atomic E-state index is 11.4. The SMILES string of the molecule is CCCCC(C)C[C@H](CC(=O)OCC)OS(C)(=O)=O. The lowest BCUT2D eigenvalue weighted by molar-refractivity contribution is -0.145. The van der Waals surface area contributed by atoms with Gasteiger partial charge < -0.3 is 4.74 Å². The number of ether oxygens (including phenoxy) is 1. The molecule has 0 amide bonds. The Morgan fingerprint density at radius 1 is 1.26 bits per heavy atom. The molecule has 0 aromatic rings. The Hall–Kier alpha value is -0.620. The second-order valence-corrected chi connectivity index (χ2v) is 6.52. The minimum Gasteiger partial charge on any atom is -0.466 e. The van der Waals surface area contributed by atoms with Crippen LogP contribution in [0, 0.1) is 5.92 Å². The summed E-state index contributed by atoms with van der Waals surface area (Å²) in [6.07, 6.45) is 4.10. The second kappa shape index (κ2) is 9.31. The number of hydrogen-bond acceptors (Lipinski definition) is 5. The van der Waals surface area contributed by atoms with Gasteiger partial charge in [0.25, 0.3) is 10.1 Å². The maximum atomic E-state index is 11.4. The molecule has 0 bridgehead atoms. The van der Waals surface area contributed by atoms with E-state index in [9.17, 15) is 13.2 Å². The van der Waals surface area contributed by atoms with E-state index in [2.05, 4.69) is 6.92 Å². The van der Waals surface area contributed by atoms with Gasteiger partial charge in [-0.15, -0.1) is 0 Å². The van der Waals surface area contributed by atoms with Crippen LogP contribution in [-0.2, 0) is 23.8 Å². The fourth-order valence-electron chi connectivity index (χ4n) is 1.93. The molecule has 0 aromatic carbocycles. The highest BCUT2D eigenvalue weighted by Gasteiger charge is 2.22. The van der Waals surface area contributed by atoms with Gasteiger partial charge in [-0.3, -0.25) is 8.98 Å². The Balaban J connectivity index is 4.45. The van der Waals surface area contributed by atoms with E-state index in [-0.39, 0.29) is 13.0 Å². The summed E-state index contributed by atoms with van der Waals surface area (Å²) in [5.74, 6) is -0.0973. The van der Waals surface area contributed by atoms with Crippen molar-refractivity contribution in [1.29, 1.82) is 0 Å². The molecule has 1 unspecified atom stereocenters. The van der Waals surface area contributed by atoms with Gasteiger partial charge in [0.1, 0.15) is 0 Å². The lowest BCUT2D eigenvalue weighted by atomic mass is 9.96. The van der Waals surface area contributed by atoms with Crippen molar-refractivity contribution in [3.63, 3.8) is 0 Å². The lowest BCUT2D eigenvalue weighted by Gasteiger charge is -2.19. The average molecular weight is 294 g/mol. The number of unbranched alkanes of at least 4 members (excludes halogenated alkanes) is 1. The van der Waals surface area contributed by atoms with Crippen molar-refractivity contribution in [2.45, 2.75) is 59.0 Å². The Morgan fingerprint density at radius 3 is 2.37 bits per heavy atom. The average Bonchev–Trinajstić information content (AvgIpc) is 2.24. The van der Waals surface area contributed by atoms with E-state index in [1.807, 2.05) is 6.92 Å². The molecule has 0 saturated heterocycles. The highest BCUT2D eigenvalue weighted by molar-refractivity contribution is 7.86. The zero-order valence-corrected chi connectivity index (χ0v) is 13.2. The van der Waals surface area contributed by atoms with Crippen molar-refractivity contribution in [2.75, 3.05) is 12.9 Å². The van der Waals surface area contributed by atoms with Crippen LogP contribution in [0.15, 0.2) is 0 Å². The van der Waals surface area contributed by atoms with E-state index in [1.165, 1.54) is 0 Å². The zero-order valence-electron chi connectivity index (χ0n) is 12.3. The third-order valence-corrected chi connectivity index (χ3v) is 3.35. The van der Waals surface area contributed by atoms with Gasteiger partial charge in [0.2, 0.25) is 0 Å². The summed E-state index contributed by atoms with van der Waals surface area (Å²) in [5, 5.41) is 0. The molecule has 5 nitrogen and oxygen atoms in total. The smallest absolute Gasteiger partial charge is 0.308 e. The van der Waals surface area contributed by atoms with Crippen LogP contribution in [0.1, 0.15) is 52.9 Å². The first-order valence-corrected chi connectivity index (χ1v) is 8.64. The summed E-state index contributed by atoms with van der Waals surface area (Å²) >= 11 is 0. The molecule has 0 radical (unpaired) electrons.